The SMILES string of the molecule is O=C(/C=C/c1ccc(OCCCC[C@H](C(=O)OC2CCCC2)C2CCCCC2)cc1)CO. The molecule has 1 aromatic rings. The van der Waals surface area contributed by atoms with Crippen LogP contribution in [-0.4, -0.2) is 36.2 Å². The zero-order valence-electron chi connectivity index (χ0n) is 19.2. The van der Waals surface area contributed by atoms with Gasteiger partial charge in [-0.25, -0.2) is 0 Å². The summed E-state index contributed by atoms with van der Waals surface area (Å²) in [6, 6.07) is 7.53. The molecule has 2 aliphatic rings. The Morgan fingerprint density at radius 2 is 1.66 bits per heavy atom. The molecule has 176 valence electrons. The lowest BCUT2D eigenvalue weighted by molar-refractivity contribution is -0.156. The van der Waals surface area contributed by atoms with Gasteiger partial charge < -0.3 is 14.6 Å². The van der Waals surface area contributed by atoms with Gasteiger partial charge in [-0.05, 0) is 87.5 Å². The van der Waals surface area contributed by atoms with Crippen molar-refractivity contribution in [3.05, 3.63) is 35.9 Å². The molecule has 5 heteroatoms. The maximum absolute atomic E-state index is 12.9. The number of benzene rings is 1. The Bertz CT molecular complexity index is 727. The first-order chi connectivity index (χ1) is 15.7. The second kappa shape index (κ2) is 13.4. The highest BCUT2D eigenvalue weighted by Gasteiger charge is 2.32. The molecule has 1 N–H and O–H groups in total. The van der Waals surface area contributed by atoms with Gasteiger partial charge in [-0.15, -0.1) is 0 Å². The molecule has 0 amide bonds. The highest BCUT2D eigenvalue weighted by Crippen LogP contribution is 2.34. The fraction of sp³-hybridized carbons (Fsp3) is 0.630. The molecular weight excluding hydrogens is 404 g/mol. The minimum absolute atomic E-state index is 0.0450. The van der Waals surface area contributed by atoms with Gasteiger partial charge in [0, 0.05) is 0 Å². The van der Waals surface area contributed by atoms with Gasteiger partial charge in [0.25, 0.3) is 0 Å². The van der Waals surface area contributed by atoms with Crippen LogP contribution in [0.2, 0.25) is 0 Å². The predicted molar refractivity (Wildman–Crippen MR) is 125 cm³/mol. The fourth-order valence-electron chi connectivity index (χ4n) is 4.91. The van der Waals surface area contributed by atoms with Gasteiger partial charge in [0.2, 0.25) is 0 Å². The normalized spacial score (nSPS) is 18.7. The van der Waals surface area contributed by atoms with Crippen LogP contribution in [0.3, 0.4) is 0 Å². The molecule has 2 saturated carbocycles. The van der Waals surface area contributed by atoms with Crippen molar-refractivity contribution >= 4 is 17.8 Å². The van der Waals surface area contributed by atoms with E-state index < -0.39 is 6.61 Å². The zero-order chi connectivity index (χ0) is 22.6. The minimum atomic E-state index is -0.475. The van der Waals surface area contributed by atoms with E-state index in [4.69, 9.17) is 14.6 Å². The average Bonchev–Trinajstić information content (AvgIpc) is 3.34. The van der Waals surface area contributed by atoms with Crippen molar-refractivity contribution in [2.24, 2.45) is 11.8 Å². The zero-order valence-corrected chi connectivity index (χ0v) is 19.2. The van der Waals surface area contributed by atoms with Crippen LogP contribution in [0, 0.1) is 11.8 Å². The molecule has 0 saturated heterocycles. The van der Waals surface area contributed by atoms with E-state index in [0.717, 1.165) is 56.3 Å². The summed E-state index contributed by atoms with van der Waals surface area (Å²) in [6.07, 6.45) is 16.5. The molecule has 1 atom stereocenters. The Labute approximate surface area is 192 Å². The van der Waals surface area contributed by atoms with E-state index in [1.807, 2.05) is 24.3 Å². The number of esters is 1. The molecule has 2 fully saturated rings. The van der Waals surface area contributed by atoms with Crippen LogP contribution < -0.4 is 4.74 Å². The van der Waals surface area contributed by atoms with E-state index in [1.165, 1.54) is 38.2 Å². The number of ketones is 1. The Kier molecular flexibility index (Phi) is 10.3. The van der Waals surface area contributed by atoms with E-state index >= 15 is 0 Å². The fourth-order valence-corrected chi connectivity index (χ4v) is 4.91. The minimum Gasteiger partial charge on any atom is -0.494 e. The van der Waals surface area contributed by atoms with Crippen LogP contribution in [0.15, 0.2) is 30.3 Å². The van der Waals surface area contributed by atoms with Gasteiger partial charge in [0.05, 0.1) is 12.5 Å². The number of hydrogen-bond donors (Lipinski definition) is 1. The molecule has 32 heavy (non-hydrogen) atoms. The second-order valence-electron chi connectivity index (χ2n) is 9.22. The summed E-state index contributed by atoms with van der Waals surface area (Å²) in [5.74, 6) is 1.05. The van der Waals surface area contributed by atoms with Gasteiger partial charge in [0.1, 0.15) is 18.5 Å². The maximum atomic E-state index is 12.9. The molecule has 0 unspecified atom stereocenters. The Hall–Kier alpha value is -2.14. The topological polar surface area (TPSA) is 72.8 Å². The Morgan fingerprint density at radius 3 is 2.34 bits per heavy atom. The summed E-state index contributed by atoms with van der Waals surface area (Å²) in [7, 11) is 0. The lowest BCUT2D eigenvalue weighted by Gasteiger charge is -2.29. The van der Waals surface area contributed by atoms with Crippen LogP contribution in [-0.2, 0) is 14.3 Å². The Balaban J connectivity index is 1.41. The first kappa shape index (κ1) is 24.5. The van der Waals surface area contributed by atoms with E-state index in [0.29, 0.717) is 12.5 Å². The van der Waals surface area contributed by atoms with Crippen molar-refractivity contribution in [3.8, 4) is 5.75 Å². The van der Waals surface area contributed by atoms with Crippen molar-refractivity contribution in [2.45, 2.75) is 83.2 Å². The van der Waals surface area contributed by atoms with Gasteiger partial charge >= 0.3 is 5.97 Å². The monoisotopic (exact) mass is 442 g/mol. The molecule has 0 heterocycles. The van der Waals surface area contributed by atoms with Crippen LogP contribution >= 0.6 is 0 Å². The molecule has 1 aromatic carbocycles. The van der Waals surface area contributed by atoms with Gasteiger partial charge in [-0.1, -0.05) is 37.5 Å². The number of carbonyl (C=O) groups is 2. The first-order valence-electron chi connectivity index (χ1n) is 12.4. The second-order valence-corrected chi connectivity index (χ2v) is 9.22. The van der Waals surface area contributed by atoms with E-state index in [1.54, 1.807) is 6.08 Å². The summed E-state index contributed by atoms with van der Waals surface area (Å²) in [4.78, 5) is 24.1. The van der Waals surface area contributed by atoms with Crippen LogP contribution in [0.5, 0.6) is 5.75 Å². The van der Waals surface area contributed by atoms with Gasteiger partial charge in [-0.2, -0.15) is 0 Å². The number of carbonyl (C=O) groups excluding carboxylic acids is 2. The van der Waals surface area contributed by atoms with Crippen LogP contribution in [0.1, 0.15) is 82.6 Å². The van der Waals surface area contributed by atoms with Crippen LogP contribution in [0.4, 0.5) is 0 Å². The molecule has 3 rings (SSSR count). The van der Waals surface area contributed by atoms with Crippen molar-refractivity contribution in [1.82, 2.24) is 0 Å². The maximum Gasteiger partial charge on any atom is 0.309 e. The summed E-state index contributed by atoms with van der Waals surface area (Å²) in [6.45, 7) is 0.144. The smallest absolute Gasteiger partial charge is 0.309 e. The number of aliphatic hydroxyl groups is 1. The van der Waals surface area contributed by atoms with Crippen molar-refractivity contribution in [2.75, 3.05) is 13.2 Å². The molecule has 0 radical (unpaired) electrons. The molecule has 0 aliphatic heterocycles. The third-order valence-corrected chi connectivity index (χ3v) is 6.78. The third-order valence-electron chi connectivity index (χ3n) is 6.78. The van der Waals surface area contributed by atoms with E-state index in [2.05, 4.69) is 0 Å². The number of rotatable bonds is 12. The largest absolute Gasteiger partial charge is 0.494 e. The molecule has 0 spiro atoms. The van der Waals surface area contributed by atoms with Gasteiger partial charge in [0.15, 0.2) is 5.78 Å². The molecular formula is C27H38O5. The molecule has 0 bridgehead atoms. The average molecular weight is 443 g/mol. The predicted octanol–water partition coefficient (Wildman–Crippen LogP) is 5.49. The standard InChI is InChI=1S/C27H38O5/c28-20-23(29)16-13-21-14-17-24(18-15-21)31-19-7-6-12-26(22-8-2-1-3-9-22)27(30)32-25-10-4-5-11-25/h13-18,22,25-26,28H,1-12,19-20H2/b16-13+/t26-/m0/s1. The van der Waals surface area contributed by atoms with Gasteiger partial charge in [-0.3, -0.25) is 9.59 Å². The van der Waals surface area contributed by atoms with Crippen molar-refractivity contribution in [3.63, 3.8) is 0 Å². The molecule has 0 aromatic heterocycles. The summed E-state index contributed by atoms with van der Waals surface area (Å²) < 4.78 is 11.8. The summed E-state index contributed by atoms with van der Waals surface area (Å²) >= 11 is 0. The highest BCUT2D eigenvalue weighted by molar-refractivity contribution is 5.94. The third kappa shape index (κ3) is 8.09. The summed E-state index contributed by atoms with van der Waals surface area (Å²) in [5.41, 5.74) is 0.884. The number of ether oxygens (including phenoxy) is 2. The van der Waals surface area contributed by atoms with E-state index in [9.17, 15) is 9.59 Å². The molecule has 2 aliphatic carbocycles. The highest BCUT2D eigenvalue weighted by atomic mass is 16.5. The van der Waals surface area contributed by atoms with Crippen molar-refractivity contribution < 1.29 is 24.2 Å². The number of unbranched alkanes of at least 4 members (excludes halogenated alkanes) is 1. The number of aliphatic hydroxyl groups excluding tert-OH is 1. The number of hydrogen-bond acceptors (Lipinski definition) is 5. The van der Waals surface area contributed by atoms with Crippen LogP contribution in [0.25, 0.3) is 6.08 Å². The van der Waals surface area contributed by atoms with E-state index in [-0.39, 0.29) is 23.8 Å². The quantitative estimate of drug-likeness (QED) is 0.263. The summed E-state index contributed by atoms with van der Waals surface area (Å²) in [5, 5.41) is 8.75. The lowest BCUT2D eigenvalue weighted by Crippen LogP contribution is -2.30. The Morgan fingerprint density at radius 1 is 0.969 bits per heavy atom. The lowest BCUT2D eigenvalue weighted by atomic mass is 9.78. The first-order valence-corrected chi connectivity index (χ1v) is 12.4. The molecule has 5 nitrogen and oxygen atoms in total. The van der Waals surface area contributed by atoms with Crippen molar-refractivity contribution in [1.29, 1.82) is 0 Å².